The quantitative estimate of drug-likeness (QED) is 0.469. The topological polar surface area (TPSA) is 83.6 Å². The smallest absolute Gasteiger partial charge is 0.399 e. The van der Waals surface area contributed by atoms with Crippen molar-refractivity contribution in [1.82, 2.24) is 4.57 Å². The van der Waals surface area contributed by atoms with Crippen LogP contribution < -0.4 is 11.0 Å². The van der Waals surface area contributed by atoms with Crippen molar-refractivity contribution in [1.29, 1.82) is 0 Å². The minimum absolute atomic E-state index is 0.0725. The molecule has 0 radical (unpaired) electrons. The Labute approximate surface area is 158 Å². The van der Waals surface area contributed by atoms with E-state index in [1.54, 1.807) is 6.92 Å². The number of hydrogen-bond acceptors (Lipinski definition) is 5. The third-order valence-electron chi connectivity index (χ3n) is 5.33. The summed E-state index contributed by atoms with van der Waals surface area (Å²) in [7, 11) is -0.501. The van der Waals surface area contributed by atoms with Gasteiger partial charge in [-0.25, -0.2) is 0 Å². The molecule has 0 amide bonds. The maximum absolute atomic E-state index is 12.2. The summed E-state index contributed by atoms with van der Waals surface area (Å²) in [6.45, 7) is 9.74. The second-order valence-electron chi connectivity index (χ2n) is 7.90. The Bertz CT molecular complexity index is 935. The third-order valence-corrected chi connectivity index (χ3v) is 5.33. The van der Waals surface area contributed by atoms with Crippen molar-refractivity contribution in [2.45, 2.75) is 52.4 Å². The highest BCUT2D eigenvalue weighted by Crippen LogP contribution is 2.36. The molecular formula is C19H23BN2O5. The van der Waals surface area contributed by atoms with Gasteiger partial charge in [-0.3, -0.25) is 14.9 Å². The average molecular weight is 370 g/mol. The molecule has 142 valence electrons. The van der Waals surface area contributed by atoms with Gasteiger partial charge in [0.1, 0.15) is 0 Å². The van der Waals surface area contributed by atoms with Gasteiger partial charge in [0.05, 0.1) is 28.9 Å². The molecule has 3 rings (SSSR count). The van der Waals surface area contributed by atoms with Gasteiger partial charge in [0.2, 0.25) is 0 Å². The van der Waals surface area contributed by atoms with Crippen LogP contribution in [0.15, 0.2) is 41.3 Å². The maximum atomic E-state index is 12.2. The number of rotatable bonds is 4. The van der Waals surface area contributed by atoms with E-state index in [-0.39, 0.29) is 17.8 Å². The van der Waals surface area contributed by atoms with E-state index >= 15 is 0 Å². The van der Waals surface area contributed by atoms with E-state index in [9.17, 15) is 14.9 Å². The fraction of sp³-hybridized carbons (Fsp3) is 0.421. The van der Waals surface area contributed by atoms with Crippen LogP contribution in [0.4, 0.5) is 5.69 Å². The molecule has 2 heterocycles. The molecule has 0 spiro atoms. The van der Waals surface area contributed by atoms with E-state index in [0.717, 1.165) is 11.0 Å². The number of pyridine rings is 1. The summed E-state index contributed by atoms with van der Waals surface area (Å²) in [5.41, 5.74) is 0.802. The summed E-state index contributed by atoms with van der Waals surface area (Å²) in [4.78, 5) is 22.9. The molecule has 0 saturated carbocycles. The van der Waals surface area contributed by atoms with Gasteiger partial charge in [-0.2, -0.15) is 0 Å². The average Bonchev–Trinajstić information content (AvgIpc) is 2.78. The van der Waals surface area contributed by atoms with Gasteiger partial charge in [0.15, 0.2) is 0 Å². The second kappa shape index (κ2) is 6.62. The number of hydrogen-bond donors (Lipinski definition) is 0. The Morgan fingerprint density at radius 2 is 1.78 bits per heavy atom. The fourth-order valence-corrected chi connectivity index (χ4v) is 2.98. The summed E-state index contributed by atoms with van der Waals surface area (Å²) in [5.74, 6) is 0. The molecule has 7 nitrogen and oxygen atoms in total. The van der Waals surface area contributed by atoms with E-state index in [1.807, 2.05) is 52.0 Å². The minimum atomic E-state index is -0.501. The second-order valence-corrected chi connectivity index (χ2v) is 7.90. The van der Waals surface area contributed by atoms with Crippen molar-refractivity contribution < 1.29 is 14.2 Å². The van der Waals surface area contributed by atoms with Crippen LogP contribution in [0.3, 0.4) is 0 Å². The van der Waals surface area contributed by atoms with Crippen molar-refractivity contribution in [3.63, 3.8) is 0 Å². The molecule has 27 heavy (non-hydrogen) atoms. The van der Waals surface area contributed by atoms with Crippen LogP contribution in [0, 0.1) is 17.0 Å². The Balaban J connectivity index is 1.89. The van der Waals surface area contributed by atoms with Crippen molar-refractivity contribution in [3.05, 3.63) is 68.1 Å². The van der Waals surface area contributed by atoms with E-state index in [4.69, 9.17) is 9.31 Å². The lowest BCUT2D eigenvalue weighted by Gasteiger charge is -2.32. The van der Waals surface area contributed by atoms with Crippen LogP contribution in [0.5, 0.6) is 0 Å². The molecule has 0 atom stereocenters. The zero-order chi connectivity index (χ0) is 20.0. The molecule has 2 aromatic rings. The lowest BCUT2D eigenvalue weighted by Crippen LogP contribution is -2.41. The van der Waals surface area contributed by atoms with Crippen LogP contribution in [0.2, 0.25) is 0 Å². The Morgan fingerprint density at radius 1 is 1.15 bits per heavy atom. The van der Waals surface area contributed by atoms with E-state index in [0.29, 0.717) is 5.56 Å². The third kappa shape index (κ3) is 3.68. The van der Waals surface area contributed by atoms with Gasteiger partial charge in [0.25, 0.3) is 11.2 Å². The summed E-state index contributed by atoms with van der Waals surface area (Å²) >= 11 is 0. The maximum Gasteiger partial charge on any atom is 0.494 e. The highest BCUT2D eigenvalue weighted by molar-refractivity contribution is 6.62. The fourth-order valence-electron chi connectivity index (χ4n) is 2.98. The first-order valence-electron chi connectivity index (χ1n) is 8.80. The predicted molar refractivity (Wildman–Crippen MR) is 103 cm³/mol. The standard InChI is InChI=1S/C19H23BN2O5/c1-13-9-17(23)21(12-16(13)22(24)25)11-14-7-6-8-15(10-14)20-26-18(2,3)19(4,5)27-20/h6-10,12H,11H2,1-5H3. The Hall–Kier alpha value is -2.45. The van der Waals surface area contributed by atoms with Crippen molar-refractivity contribution >= 4 is 18.3 Å². The largest absolute Gasteiger partial charge is 0.494 e. The normalized spacial score (nSPS) is 17.9. The number of nitrogens with zero attached hydrogens (tertiary/aromatic N) is 2. The minimum Gasteiger partial charge on any atom is -0.399 e. The predicted octanol–water partition coefficient (Wildman–Crippen LogP) is 2.41. The number of aryl methyl sites for hydroxylation is 1. The highest BCUT2D eigenvalue weighted by atomic mass is 16.7. The molecule has 1 aliphatic heterocycles. The van der Waals surface area contributed by atoms with Crippen LogP contribution >= 0.6 is 0 Å². The van der Waals surface area contributed by atoms with E-state index < -0.39 is 23.2 Å². The molecule has 0 bridgehead atoms. The molecule has 8 heteroatoms. The monoisotopic (exact) mass is 370 g/mol. The molecule has 0 N–H and O–H groups in total. The van der Waals surface area contributed by atoms with Crippen molar-refractivity contribution in [2.75, 3.05) is 0 Å². The SMILES string of the molecule is Cc1cc(=O)n(Cc2cccc(B3OC(C)(C)C(C)(C)O3)c2)cc1[N+](=O)[O-]. The molecule has 1 aromatic carbocycles. The first kappa shape index (κ1) is 19.3. The van der Waals surface area contributed by atoms with Crippen LogP contribution in [0.1, 0.15) is 38.8 Å². The van der Waals surface area contributed by atoms with Gasteiger partial charge in [-0.05, 0) is 45.6 Å². The van der Waals surface area contributed by atoms with Crippen molar-refractivity contribution in [3.8, 4) is 0 Å². The summed E-state index contributed by atoms with van der Waals surface area (Å²) < 4.78 is 13.5. The molecule has 1 aromatic heterocycles. The number of benzene rings is 1. The van der Waals surface area contributed by atoms with Crippen LogP contribution in [-0.2, 0) is 15.9 Å². The number of nitro groups is 1. The van der Waals surface area contributed by atoms with Crippen molar-refractivity contribution in [2.24, 2.45) is 0 Å². The van der Waals surface area contributed by atoms with Gasteiger partial charge >= 0.3 is 7.12 Å². The van der Waals surface area contributed by atoms with Gasteiger partial charge in [0, 0.05) is 11.6 Å². The molecule has 1 saturated heterocycles. The Kier molecular flexibility index (Phi) is 4.73. The molecule has 1 fully saturated rings. The zero-order valence-electron chi connectivity index (χ0n) is 16.2. The highest BCUT2D eigenvalue weighted by Gasteiger charge is 2.51. The Morgan fingerprint density at radius 3 is 2.37 bits per heavy atom. The van der Waals surface area contributed by atoms with Gasteiger partial charge < -0.3 is 13.9 Å². The summed E-state index contributed by atoms with van der Waals surface area (Å²) in [5, 5.41) is 11.1. The van der Waals surface area contributed by atoms with E-state index in [1.165, 1.54) is 16.8 Å². The first-order valence-corrected chi connectivity index (χ1v) is 8.80. The lowest BCUT2D eigenvalue weighted by atomic mass is 9.78. The lowest BCUT2D eigenvalue weighted by molar-refractivity contribution is -0.385. The molecule has 1 aliphatic rings. The zero-order valence-corrected chi connectivity index (χ0v) is 16.2. The van der Waals surface area contributed by atoms with Crippen LogP contribution in [-0.4, -0.2) is 27.8 Å². The summed E-state index contributed by atoms with van der Waals surface area (Å²) in [6, 6.07) is 8.83. The first-order chi connectivity index (χ1) is 12.5. The van der Waals surface area contributed by atoms with Gasteiger partial charge in [-0.1, -0.05) is 24.3 Å². The number of aromatic nitrogens is 1. The summed E-state index contributed by atoms with van der Waals surface area (Å²) in [6.07, 6.45) is 1.29. The van der Waals surface area contributed by atoms with Gasteiger partial charge in [-0.15, -0.1) is 0 Å². The molecule has 0 unspecified atom stereocenters. The molecule has 0 aliphatic carbocycles. The van der Waals surface area contributed by atoms with E-state index in [2.05, 4.69) is 0 Å². The molecular weight excluding hydrogens is 347 g/mol. The van der Waals surface area contributed by atoms with Crippen LogP contribution in [0.25, 0.3) is 0 Å².